The summed E-state index contributed by atoms with van der Waals surface area (Å²) in [5.74, 6) is 0.116. The first-order valence-electron chi connectivity index (χ1n) is 8.13. The third kappa shape index (κ3) is 5.11. The Labute approximate surface area is 137 Å². The van der Waals surface area contributed by atoms with Crippen molar-refractivity contribution in [1.29, 1.82) is 0 Å². The highest BCUT2D eigenvalue weighted by Crippen LogP contribution is 2.23. The molecular weight excluding hydrogens is 294 g/mol. The molecular formula is C17H27N3O3. The molecule has 6 heteroatoms. The van der Waals surface area contributed by atoms with E-state index in [9.17, 15) is 9.90 Å². The van der Waals surface area contributed by atoms with Gasteiger partial charge in [0.2, 0.25) is 0 Å². The van der Waals surface area contributed by atoms with Crippen molar-refractivity contribution in [1.82, 2.24) is 5.32 Å². The monoisotopic (exact) mass is 321 g/mol. The number of amides is 2. The normalized spacial score (nSPS) is 16.3. The fourth-order valence-corrected chi connectivity index (χ4v) is 2.41. The van der Waals surface area contributed by atoms with Crippen LogP contribution in [-0.4, -0.2) is 50.1 Å². The summed E-state index contributed by atoms with van der Waals surface area (Å²) in [4.78, 5) is 14.2. The minimum atomic E-state index is -0.537. The molecule has 0 aliphatic carbocycles. The van der Waals surface area contributed by atoms with Gasteiger partial charge in [-0.2, -0.15) is 0 Å². The van der Waals surface area contributed by atoms with Gasteiger partial charge in [-0.25, -0.2) is 4.79 Å². The van der Waals surface area contributed by atoms with Crippen LogP contribution in [0.15, 0.2) is 18.2 Å². The molecule has 0 saturated carbocycles. The number of aliphatic hydroxyl groups is 1. The van der Waals surface area contributed by atoms with Crippen molar-refractivity contribution in [2.75, 3.05) is 43.1 Å². The smallest absolute Gasteiger partial charge is 0.319 e. The van der Waals surface area contributed by atoms with Crippen molar-refractivity contribution in [2.24, 2.45) is 5.92 Å². The van der Waals surface area contributed by atoms with E-state index >= 15 is 0 Å². The minimum Gasteiger partial charge on any atom is -0.391 e. The second-order valence-electron chi connectivity index (χ2n) is 6.25. The van der Waals surface area contributed by atoms with Crippen LogP contribution >= 0.6 is 0 Å². The maximum atomic E-state index is 11.9. The van der Waals surface area contributed by atoms with Crippen LogP contribution in [0.3, 0.4) is 0 Å². The zero-order valence-electron chi connectivity index (χ0n) is 14.1. The summed E-state index contributed by atoms with van der Waals surface area (Å²) in [6, 6.07) is 5.70. The molecule has 1 fully saturated rings. The molecule has 0 radical (unpaired) electrons. The first kappa shape index (κ1) is 17.6. The fraction of sp³-hybridized carbons (Fsp3) is 0.588. The Balaban J connectivity index is 1.91. The molecule has 1 aromatic carbocycles. The molecule has 0 unspecified atom stereocenters. The number of carbonyl (C=O) groups excluding carboxylic acids is 1. The highest BCUT2D eigenvalue weighted by Gasteiger charge is 2.14. The summed E-state index contributed by atoms with van der Waals surface area (Å²) in [7, 11) is 0. The number of nitrogens with one attached hydrogen (secondary N) is 2. The van der Waals surface area contributed by atoms with Crippen LogP contribution < -0.4 is 15.5 Å². The Hall–Kier alpha value is -1.79. The predicted molar refractivity (Wildman–Crippen MR) is 92.1 cm³/mol. The predicted octanol–water partition coefficient (Wildman–Crippen LogP) is 1.97. The van der Waals surface area contributed by atoms with E-state index in [1.165, 1.54) is 0 Å². The van der Waals surface area contributed by atoms with Gasteiger partial charge >= 0.3 is 6.03 Å². The van der Waals surface area contributed by atoms with Gasteiger partial charge in [0.15, 0.2) is 0 Å². The number of ether oxygens (including phenoxy) is 1. The Kier molecular flexibility index (Phi) is 6.24. The third-order valence-electron chi connectivity index (χ3n) is 4.08. The summed E-state index contributed by atoms with van der Waals surface area (Å²) in [6.45, 7) is 9.33. The summed E-state index contributed by atoms with van der Waals surface area (Å²) >= 11 is 0. The lowest BCUT2D eigenvalue weighted by Gasteiger charge is -2.29. The van der Waals surface area contributed by atoms with Gasteiger partial charge in [-0.1, -0.05) is 13.8 Å². The number of aryl methyl sites for hydroxylation is 1. The van der Waals surface area contributed by atoms with Crippen molar-refractivity contribution >= 4 is 17.4 Å². The van der Waals surface area contributed by atoms with E-state index in [1.807, 2.05) is 32.9 Å². The fourth-order valence-electron chi connectivity index (χ4n) is 2.41. The van der Waals surface area contributed by atoms with E-state index in [-0.39, 0.29) is 18.5 Å². The molecule has 1 saturated heterocycles. The van der Waals surface area contributed by atoms with Gasteiger partial charge < -0.3 is 25.4 Å². The molecule has 0 spiro atoms. The molecule has 3 N–H and O–H groups in total. The lowest BCUT2D eigenvalue weighted by atomic mass is 10.1. The van der Waals surface area contributed by atoms with Gasteiger partial charge in [-0.05, 0) is 36.6 Å². The maximum absolute atomic E-state index is 11.9. The number of urea groups is 1. The van der Waals surface area contributed by atoms with Crippen LogP contribution in [0.25, 0.3) is 0 Å². The second kappa shape index (κ2) is 8.17. The largest absolute Gasteiger partial charge is 0.391 e. The van der Waals surface area contributed by atoms with Crippen LogP contribution in [0.1, 0.15) is 19.4 Å². The van der Waals surface area contributed by atoms with Gasteiger partial charge in [-0.3, -0.25) is 0 Å². The maximum Gasteiger partial charge on any atom is 0.319 e. The van der Waals surface area contributed by atoms with Crippen molar-refractivity contribution in [3.8, 4) is 0 Å². The number of hydrogen-bond acceptors (Lipinski definition) is 4. The van der Waals surface area contributed by atoms with Crippen LogP contribution in [0.2, 0.25) is 0 Å². The number of morpholine rings is 1. The number of hydrogen-bond donors (Lipinski definition) is 3. The van der Waals surface area contributed by atoms with E-state index in [0.29, 0.717) is 0 Å². The highest BCUT2D eigenvalue weighted by atomic mass is 16.5. The number of nitrogens with zero attached hydrogens (tertiary/aromatic N) is 1. The van der Waals surface area contributed by atoms with Crippen molar-refractivity contribution in [3.63, 3.8) is 0 Å². The average molecular weight is 321 g/mol. The standard InChI is InChI=1S/C17H27N3O3/c1-12(2)16(21)11-18-17(22)19-15-5-4-14(10-13(15)3)20-6-8-23-9-7-20/h4-5,10,12,16,21H,6-9,11H2,1-3H3,(H2,18,19,22)/t16-/m0/s1. The second-order valence-corrected chi connectivity index (χ2v) is 6.25. The number of carbonyl (C=O) groups is 1. The molecule has 1 atom stereocenters. The molecule has 128 valence electrons. The molecule has 1 aliphatic heterocycles. The Morgan fingerprint density at radius 2 is 2.04 bits per heavy atom. The molecule has 1 aromatic rings. The molecule has 2 rings (SSSR count). The summed E-state index contributed by atoms with van der Waals surface area (Å²) in [6.07, 6.45) is -0.537. The van der Waals surface area contributed by atoms with E-state index in [2.05, 4.69) is 21.6 Å². The summed E-state index contributed by atoms with van der Waals surface area (Å²) in [5.41, 5.74) is 2.93. The number of anilines is 2. The SMILES string of the molecule is Cc1cc(N2CCOCC2)ccc1NC(=O)NC[C@H](O)C(C)C. The molecule has 1 heterocycles. The van der Waals surface area contributed by atoms with Gasteiger partial charge in [0, 0.05) is 31.0 Å². The van der Waals surface area contributed by atoms with E-state index in [0.717, 1.165) is 43.2 Å². The van der Waals surface area contributed by atoms with Crippen LogP contribution in [-0.2, 0) is 4.74 Å². The van der Waals surface area contributed by atoms with Gasteiger partial charge in [0.25, 0.3) is 0 Å². The van der Waals surface area contributed by atoms with Crippen molar-refractivity contribution in [2.45, 2.75) is 26.9 Å². The zero-order valence-corrected chi connectivity index (χ0v) is 14.1. The molecule has 0 aromatic heterocycles. The number of benzene rings is 1. The number of rotatable bonds is 5. The van der Waals surface area contributed by atoms with Gasteiger partial charge in [0.1, 0.15) is 0 Å². The third-order valence-corrected chi connectivity index (χ3v) is 4.08. The number of aliphatic hydroxyl groups excluding tert-OH is 1. The lowest BCUT2D eigenvalue weighted by molar-refractivity contribution is 0.122. The van der Waals surface area contributed by atoms with Gasteiger partial charge in [-0.15, -0.1) is 0 Å². The van der Waals surface area contributed by atoms with Gasteiger partial charge in [0.05, 0.1) is 19.3 Å². The van der Waals surface area contributed by atoms with Crippen molar-refractivity contribution < 1.29 is 14.6 Å². The first-order chi connectivity index (χ1) is 11.0. The van der Waals surface area contributed by atoms with E-state index in [4.69, 9.17) is 4.74 Å². The zero-order chi connectivity index (χ0) is 16.8. The molecule has 6 nitrogen and oxygen atoms in total. The van der Waals surface area contributed by atoms with Crippen LogP contribution in [0.4, 0.5) is 16.2 Å². The Bertz CT molecular complexity index is 528. The first-order valence-corrected chi connectivity index (χ1v) is 8.13. The summed E-state index contributed by atoms with van der Waals surface area (Å²) in [5, 5.41) is 15.2. The van der Waals surface area contributed by atoms with Crippen LogP contribution in [0.5, 0.6) is 0 Å². The molecule has 1 aliphatic rings. The summed E-state index contributed by atoms with van der Waals surface area (Å²) < 4.78 is 5.36. The lowest BCUT2D eigenvalue weighted by Crippen LogP contribution is -2.37. The highest BCUT2D eigenvalue weighted by molar-refractivity contribution is 5.90. The van der Waals surface area contributed by atoms with Crippen molar-refractivity contribution in [3.05, 3.63) is 23.8 Å². The minimum absolute atomic E-state index is 0.116. The van der Waals surface area contributed by atoms with Crippen LogP contribution in [0, 0.1) is 12.8 Å². The quantitative estimate of drug-likeness (QED) is 0.775. The topological polar surface area (TPSA) is 73.8 Å². The van der Waals surface area contributed by atoms with E-state index < -0.39 is 6.10 Å². The molecule has 2 amide bonds. The van der Waals surface area contributed by atoms with E-state index in [1.54, 1.807) is 0 Å². The average Bonchev–Trinajstić information content (AvgIpc) is 2.55. The molecule has 0 bridgehead atoms. The molecule has 23 heavy (non-hydrogen) atoms. The Morgan fingerprint density at radius 1 is 1.35 bits per heavy atom. The Morgan fingerprint density at radius 3 is 2.65 bits per heavy atom.